The molecule has 3 aliphatic rings. The van der Waals surface area contributed by atoms with Gasteiger partial charge in [0.05, 0.1) is 0 Å². The topological polar surface area (TPSA) is 140 Å². The Morgan fingerprint density at radius 2 is 0.800 bits per heavy atom. The summed E-state index contributed by atoms with van der Waals surface area (Å²) in [5.74, 6) is -0.303. The molecule has 65 heavy (non-hydrogen) atoms. The van der Waals surface area contributed by atoms with Crippen LogP contribution < -0.4 is 0 Å². The van der Waals surface area contributed by atoms with Crippen LogP contribution in [-0.2, 0) is 23.9 Å². The Morgan fingerprint density at radius 1 is 0.431 bits per heavy atom. The van der Waals surface area contributed by atoms with Crippen molar-refractivity contribution in [2.24, 2.45) is 10.8 Å². The Bertz CT molecular complexity index is 1500. The van der Waals surface area contributed by atoms with Crippen LogP contribution >= 0.6 is 0 Å². The number of urea groups is 3. The lowest BCUT2D eigenvalue weighted by molar-refractivity contribution is -0.129. The molecule has 0 saturated carbocycles. The third-order valence-corrected chi connectivity index (χ3v) is 13.7. The minimum absolute atomic E-state index is 0.0446. The number of rotatable bonds is 33. The molecule has 0 bridgehead atoms. The molecule has 14 heteroatoms. The summed E-state index contributed by atoms with van der Waals surface area (Å²) in [7, 11) is 1.64. The van der Waals surface area contributed by atoms with Gasteiger partial charge in [-0.15, -0.1) is 0 Å². The van der Waals surface area contributed by atoms with Gasteiger partial charge in [0.15, 0.2) is 0 Å². The average molecular weight is 919 g/mol. The maximum Gasteiger partial charge on any atom is 0.327 e. The quantitative estimate of drug-likeness (QED) is 0.0468. The number of unbranched alkanes of at least 4 members (excludes halogenated alkanes) is 7. The number of likely N-dealkylation sites (N-methyl/N-ethyl adjacent to an activating group) is 3. The summed E-state index contributed by atoms with van der Waals surface area (Å²) in [6.45, 7) is 28.7. The molecule has 14 nitrogen and oxygen atoms in total. The average Bonchev–Trinajstić information content (AvgIpc) is 3.80. The predicted molar refractivity (Wildman–Crippen MR) is 259 cm³/mol. The third-order valence-electron chi connectivity index (χ3n) is 13.7. The molecule has 3 heterocycles. The lowest BCUT2D eigenvalue weighted by atomic mass is 9.82. The molecule has 3 aliphatic heterocycles. The molecule has 0 atom stereocenters. The van der Waals surface area contributed by atoms with Crippen molar-refractivity contribution in [3.8, 4) is 0 Å². The summed E-state index contributed by atoms with van der Waals surface area (Å²) in [4.78, 5) is 81.9. The van der Waals surface area contributed by atoms with Gasteiger partial charge in [0.25, 0.3) is 11.8 Å². The van der Waals surface area contributed by atoms with E-state index in [1.165, 1.54) is 77.4 Å². The molecule has 3 fully saturated rings. The summed E-state index contributed by atoms with van der Waals surface area (Å²) in [6.07, 6.45) is 20.7. The first kappa shape index (κ1) is 57.9. The van der Waals surface area contributed by atoms with Crippen molar-refractivity contribution >= 4 is 35.8 Å². The predicted octanol–water partition coefficient (Wildman–Crippen LogP) is 10.5. The summed E-state index contributed by atoms with van der Waals surface area (Å²) < 4.78 is 11.6. The Morgan fingerprint density at radius 3 is 1.18 bits per heavy atom. The van der Waals surface area contributed by atoms with Crippen LogP contribution in [0.25, 0.3) is 0 Å². The summed E-state index contributed by atoms with van der Waals surface area (Å²) in [5.41, 5.74) is -0.210. The Labute approximate surface area is 395 Å². The van der Waals surface area contributed by atoms with Crippen molar-refractivity contribution in [1.82, 2.24) is 29.4 Å². The Kier molecular flexibility index (Phi) is 25.1. The van der Waals surface area contributed by atoms with Crippen LogP contribution in [0.1, 0.15) is 198 Å². The van der Waals surface area contributed by atoms with E-state index in [1.807, 2.05) is 41.5 Å². The number of hydrogen-bond donors (Lipinski definition) is 0. The van der Waals surface area contributed by atoms with E-state index in [0.717, 1.165) is 77.4 Å². The minimum atomic E-state index is -0.498. The van der Waals surface area contributed by atoms with Crippen LogP contribution in [0, 0.1) is 10.8 Å². The molecule has 3 rings (SSSR count). The fraction of sp³-hybridized carbons (Fsp3) is 0.882. The number of imide groups is 3. The van der Waals surface area contributed by atoms with Gasteiger partial charge in [-0.05, 0) is 136 Å². The molecule has 3 saturated heterocycles. The molecule has 9 amide bonds. The molecule has 0 aromatic heterocycles. The molecular formula is C51H94N6O8. The largest absolute Gasteiger partial charge is 0.381 e. The Balaban J connectivity index is 0.000000447. The fourth-order valence-electron chi connectivity index (χ4n) is 9.21. The maximum atomic E-state index is 12.4. The van der Waals surface area contributed by atoms with E-state index in [0.29, 0.717) is 43.7 Å². The molecule has 0 aromatic carbocycles. The van der Waals surface area contributed by atoms with E-state index < -0.39 is 11.1 Å². The third kappa shape index (κ3) is 19.9. The van der Waals surface area contributed by atoms with Gasteiger partial charge in [0.1, 0.15) is 19.6 Å². The van der Waals surface area contributed by atoms with Crippen molar-refractivity contribution in [2.45, 2.75) is 209 Å². The first-order valence-corrected chi connectivity index (χ1v) is 25.5. The highest BCUT2D eigenvalue weighted by atomic mass is 16.5. The normalized spacial score (nSPS) is 16.6. The Hall–Kier alpha value is -3.26. The highest BCUT2D eigenvalue weighted by Gasteiger charge is 2.44. The zero-order valence-electron chi connectivity index (χ0n) is 43.5. The molecule has 376 valence electrons. The van der Waals surface area contributed by atoms with Gasteiger partial charge in [-0.2, -0.15) is 0 Å². The van der Waals surface area contributed by atoms with Crippen LogP contribution in [0.2, 0.25) is 0 Å². The number of hydrogen-bond acceptors (Lipinski definition) is 8. The van der Waals surface area contributed by atoms with Gasteiger partial charge < -0.3 is 24.2 Å². The first-order chi connectivity index (χ1) is 30.5. The van der Waals surface area contributed by atoms with Crippen molar-refractivity contribution in [1.29, 1.82) is 0 Å². The van der Waals surface area contributed by atoms with E-state index in [2.05, 4.69) is 34.6 Å². The monoisotopic (exact) mass is 919 g/mol. The van der Waals surface area contributed by atoms with Crippen molar-refractivity contribution in [2.75, 3.05) is 72.7 Å². The standard InChI is InChI=1S/C28H54N2O3.C23H40N4O5/c1-7-9-10-17-27(3,4)19-12-15-22-33-23-16-13-20-28(5,6)18-11-14-21-30-25(31)24-29(8-2)26(30)32;1-7-25-17-19(29)27(21(25)31)23(4,5)13-9-11-15-32-14-10-8-12-22(2,3)26-18(28)16-24(6)20(26)30/h7-24H2,1-6H3;7-17H2,1-6H3. The van der Waals surface area contributed by atoms with Gasteiger partial charge in [-0.25, -0.2) is 14.4 Å². The second kappa shape index (κ2) is 28.2. The summed E-state index contributed by atoms with van der Waals surface area (Å²) >= 11 is 0. The van der Waals surface area contributed by atoms with Gasteiger partial charge >= 0.3 is 18.1 Å². The SMILES string of the molecule is CCCCCC(C)(C)CCCCOCCCCC(C)(C)CCCCN1C(=O)CN(CC)C1=O.CCN1CC(=O)N(C(C)(C)CCCCOCCCCC(C)(C)N2C(=O)CN(C)C2=O)C1=O. The van der Waals surface area contributed by atoms with Gasteiger partial charge in [0, 0.05) is 64.2 Å². The fourth-order valence-corrected chi connectivity index (χ4v) is 9.21. The molecule has 0 aliphatic carbocycles. The van der Waals surface area contributed by atoms with Crippen molar-refractivity contribution < 1.29 is 38.2 Å². The maximum absolute atomic E-state index is 12.4. The van der Waals surface area contributed by atoms with E-state index in [1.54, 1.807) is 16.8 Å². The molecular weight excluding hydrogens is 825 g/mol. The summed E-state index contributed by atoms with van der Waals surface area (Å²) in [5, 5.41) is 0. The number of carbonyl (C=O) groups is 6. The number of ether oxygens (including phenoxy) is 2. The lowest BCUT2D eigenvalue weighted by Crippen LogP contribution is -2.48. The summed E-state index contributed by atoms with van der Waals surface area (Å²) in [6, 6.07) is -0.526. The second-order valence-electron chi connectivity index (χ2n) is 21.7. The molecule has 0 unspecified atom stereocenters. The molecule has 0 aromatic rings. The van der Waals surface area contributed by atoms with Gasteiger partial charge in [0.2, 0.25) is 5.91 Å². The van der Waals surface area contributed by atoms with Crippen LogP contribution in [0.3, 0.4) is 0 Å². The van der Waals surface area contributed by atoms with Crippen LogP contribution in [-0.4, -0.2) is 149 Å². The van der Waals surface area contributed by atoms with Crippen molar-refractivity contribution in [3.05, 3.63) is 0 Å². The molecule has 0 spiro atoms. The van der Waals surface area contributed by atoms with E-state index >= 15 is 0 Å². The highest BCUT2D eigenvalue weighted by molar-refractivity contribution is 6.03. The smallest absolute Gasteiger partial charge is 0.327 e. The lowest BCUT2D eigenvalue weighted by Gasteiger charge is -2.33. The van der Waals surface area contributed by atoms with Crippen LogP contribution in [0.15, 0.2) is 0 Å². The second-order valence-corrected chi connectivity index (χ2v) is 21.7. The van der Waals surface area contributed by atoms with Crippen molar-refractivity contribution in [3.63, 3.8) is 0 Å². The first-order valence-electron chi connectivity index (χ1n) is 25.5. The van der Waals surface area contributed by atoms with Crippen LogP contribution in [0.5, 0.6) is 0 Å². The van der Waals surface area contributed by atoms with Gasteiger partial charge in [-0.1, -0.05) is 73.1 Å². The number of nitrogens with zero attached hydrogens (tertiary/aromatic N) is 6. The number of amides is 9. The van der Waals surface area contributed by atoms with E-state index in [9.17, 15) is 28.8 Å². The van der Waals surface area contributed by atoms with E-state index in [4.69, 9.17) is 9.47 Å². The van der Waals surface area contributed by atoms with Gasteiger partial charge in [-0.3, -0.25) is 29.1 Å². The minimum Gasteiger partial charge on any atom is -0.381 e. The number of carbonyl (C=O) groups excluding carboxylic acids is 6. The molecule has 0 N–H and O–H groups in total. The highest BCUT2D eigenvalue weighted by Crippen LogP contribution is 2.32. The zero-order chi connectivity index (χ0) is 48.8. The molecule has 0 radical (unpaired) electrons. The zero-order valence-corrected chi connectivity index (χ0v) is 43.5. The van der Waals surface area contributed by atoms with E-state index in [-0.39, 0.29) is 55.4 Å². The van der Waals surface area contributed by atoms with Crippen LogP contribution in [0.4, 0.5) is 14.4 Å².